The minimum atomic E-state index is -0.243. The molecule has 2 rings (SSSR count). The second-order valence-electron chi connectivity index (χ2n) is 5.15. The van der Waals surface area contributed by atoms with Crippen LogP contribution in [0.15, 0.2) is 18.2 Å². The quantitative estimate of drug-likeness (QED) is 0.834. The summed E-state index contributed by atoms with van der Waals surface area (Å²) in [7, 11) is 1.66. The van der Waals surface area contributed by atoms with Crippen LogP contribution >= 0.6 is 11.6 Å². The van der Waals surface area contributed by atoms with Crippen molar-refractivity contribution in [2.75, 3.05) is 7.11 Å². The van der Waals surface area contributed by atoms with Crippen LogP contribution in [0.4, 0.5) is 0 Å². The number of benzene rings is 1. The van der Waals surface area contributed by atoms with Crippen LogP contribution in [0, 0.1) is 0 Å². The molecule has 0 saturated heterocycles. The lowest BCUT2D eigenvalue weighted by atomic mass is 10.1. The molecule has 1 aliphatic carbocycles. The highest BCUT2D eigenvalue weighted by molar-refractivity contribution is 6.30. The molecule has 2 unspecified atom stereocenters. The number of rotatable bonds is 4. The number of nitrogens with one attached hydrogen (secondary N) is 1. The van der Waals surface area contributed by atoms with E-state index in [-0.39, 0.29) is 12.1 Å². The van der Waals surface area contributed by atoms with Crippen molar-refractivity contribution in [3.63, 3.8) is 0 Å². The highest BCUT2D eigenvalue weighted by Gasteiger charge is 2.21. The number of hydrogen-bond acceptors (Lipinski definition) is 3. The van der Waals surface area contributed by atoms with Gasteiger partial charge in [-0.3, -0.25) is 0 Å². The number of halogens is 1. The van der Waals surface area contributed by atoms with Crippen LogP contribution in [0.3, 0.4) is 0 Å². The molecule has 19 heavy (non-hydrogen) atoms. The Morgan fingerprint density at radius 3 is 2.89 bits per heavy atom. The normalized spacial score (nSPS) is 23.9. The summed E-state index contributed by atoms with van der Waals surface area (Å²) in [6, 6.07) is 5.79. The molecule has 2 atom stereocenters. The van der Waals surface area contributed by atoms with Gasteiger partial charge in [0, 0.05) is 23.2 Å². The number of methoxy groups -OCH3 is 1. The summed E-state index contributed by atoms with van der Waals surface area (Å²) < 4.78 is 5.33. The Morgan fingerprint density at radius 1 is 1.32 bits per heavy atom. The second-order valence-corrected chi connectivity index (χ2v) is 5.59. The van der Waals surface area contributed by atoms with E-state index in [9.17, 15) is 5.11 Å². The first-order chi connectivity index (χ1) is 9.20. The molecule has 1 fully saturated rings. The Hall–Kier alpha value is -0.770. The second kappa shape index (κ2) is 7.13. The topological polar surface area (TPSA) is 41.5 Å². The van der Waals surface area contributed by atoms with Gasteiger partial charge in [0.15, 0.2) is 0 Å². The summed E-state index contributed by atoms with van der Waals surface area (Å²) in [4.78, 5) is 0. The maximum absolute atomic E-state index is 10.1. The zero-order valence-electron chi connectivity index (χ0n) is 11.4. The maximum atomic E-state index is 10.1. The molecule has 1 aromatic carbocycles. The van der Waals surface area contributed by atoms with Gasteiger partial charge in [-0.2, -0.15) is 0 Å². The van der Waals surface area contributed by atoms with E-state index in [1.54, 1.807) is 7.11 Å². The average molecular weight is 284 g/mol. The molecule has 0 spiro atoms. The van der Waals surface area contributed by atoms with Crippen molar-refractivity contribution in [1.82, 2.24) is 5.32 Å². The molecule has 1 aromatic rings. The largest absolute Gasteiger partial charge is 0.496 e. The molecule has 2 N–H and O–H groups in total. The Morgan fingerprint density at radius 2 is 2.11 bits per heavy atom. The van der Waals surface area contributed by atoms with Crippen molar-refractivity contribution in [3.05, 3.63) is 28.8 Å². The lowest BCUT2D eigenvalue weighted by Crippen LogP contribution is -2.38. The molecule has 0 heterocycles. The highest BCUT2D eigenvalue weighted by atomic mass is 35.5. The van der Waals surface area contributed by atoms with E-state index in [1.807, 2.05) is 18.2 Å². The van der Waals surface area contributed by atoms with Gasteiger partial charge in [0.25, 0.3) is 0 Å². The van der Waals surface area contributed by atoms with E-state index in [1.165, 1.54) is 12.8 Å². The first kappa shape index (κ1) is 14.6. The van der Waals surface area contributed by atoms with Gasteiger partial charge in [-0.05, 0) is 31.0 Å². The molecule has 1 aliphatic rings. The van der Waals surface area contributed by atoms with Gasteiger partial charge < -0.3 is 15.2 Å². The molecule has 1 saturated carbocycles. The average Bonchev–Trinajstić information content (AvgIpc) is 2.61. The Kier molecular flexibility index (Phi) is 5.49. The van der Waals surface area contributed by atoms with Crippen molar-refractivity contribution in [1.29, 1.82) is 0 Å². The van der Waals surface area contributed by atoms with Crippen molar-refractivity contribution in [3.8, 4) is 5.75 Å². The Balaban J connectivity index is 1.99. The van der Waals surface area contributed by atoms with E-state index >= 15 is 0 Å². The van der Waals surface area contributed by atoms with Crippen molar-refractivity contribution >= 4 is 11.6 Å². The molecular weight excluding hydrogens is 262 g/mol. The van der Waals surface area contributed by atoms with Gasteiger partial charge in [0.05, 0.1) is 13.2 Å². The lowest BCUT2D eigenvalue weighted by molar-refractivity contribution is 0.119. The Labute approximate surface area is 119 Å². The van der Waals surface area contributed by atoms with Crippen LogP contribution in [0.1, 0.15) is 37.7 Å². The lowest BCUT2D eigenvalue weighted by Gasteiger charge is -2.22. The van der Waals surface area contributed by atoms with Crippen LogP contribution in [0.25, 0.3) is 0 Å². The molecular formula is C15H22ClNO2. The third-order valence-electron chi connectivity index (χ3n) is 3.78. The van der Waals surface area contributed by atoms with E-state index < -0.39 is 0 Å². The fourth-order valence-electron chi connectivity index (χ4n) is 2.65. The minimum absolute atomic E-state index is 0.172. The molecule has 0 aromatic heterocycles. The first-order valence-corrected chi connectivity index (χ1v) is 7.32. The zero-order valence-corrected chi connectivity index (χ0v) is 12.1. The predicted molar refractivity (Wildman–Crippen MR) is 77.7 cm³/mol. The van der Waals surface area contributed by atoms with E-state index in [0.717, 1.165) is 30.6 Å². The highest BCUT2D eigenvalue weighted by Crippen LogP contribution is 2.24. The molecule has 0 radical (unpaired) electrons. The van der Waals surface area contributed by atoms with Crippen LogP contribution in [0.2, 0.25) is 5.02 Å². The molecule has 4 heteroatoms. The molecule has 0 bridgehead atoms. The Bertz CT molecular complexity index is 411. The monoisotopic (exact) mass is 283 g/mol. The summed E-state index contributed by atoms with van der Waals surface area (Å²) >= 11 is 6.02. The standard InChI is InChI=1S/C15H22ClNO2/c1-19-15-8-7-12(16)9-11(15)10-17-13-5-3-2-4-6-14(13)18/h7-9,13-14,17-18H,2-6,10H2,1H3. The van der Waals surface area contributed by atoms with Gasteiger partial charge in [0.2, 0.25) is 0 Å². The molecule has 0 aliphatic heterocycles. The fourth-order valence-corrected chi connectivity index (χ4v) is 2.85. The van der Waals surface area contributed by atoms with Crippen LogP contribution in [-0.4, -0.2) is 24.4 Å². The van der Waals surface area contributed by atoms with E-state index in [4.69, 9.17) is 16.3 Å². The van der Waals surface area contributed by atoms with Crippen molar-refractivity contribution < 1.29 is 9.84 Å². The smallest absolute Gasteiger partial charge is 0.123 e. The van der Waals surface area contributed by atoms with Crippen molar-refractivity contribution in [2.24, 2.45) is 0 Å². The minimum Gasteiger partial charge on any atom is -0.496 e. The summed E-state index contributed by atoms with van der Waals surface area (Å²) in [6.07, 6.45) is 5.21. The number of aliphatic hydroxyl groups is 1. The summed E-state index contributed by atoms with van der Waals surface area (Å²) in [5.41, 5.74) is 1.03. The third kappa shape index (κ3) is 4.10. The molecule has 106 valence electrons. The summed E-state index contributed by atoms with van der Waals surface area (Å²) in [5, 5.41) is 14.2. The van der Waals surface area contributed by atoms with Gasteiger partial charge >= 0.3 is 0 Å². The van der Waals surface area contributed by atoms with E-state index in [0.29, 0.717) is 11.6 Å². The van der Waals surface area contributed by atoms with E-state index in [2.05, 4.69) is 5.32 Å². The van der Waals surface area contributed by atoms with Gasteiger partial charge in [0.1, 0.15) is 5.75 Å². The fraction of sp³-hybridized carbons (Fsp3) is 0.600. The number of ether oxygens (including phenoxy) is 1. The maximum Gasteiger partial charge on any atom is 0.123 e. The number of aliphatic hydroxyl groups excluding tert-OH is 1. The SMILES string of the molecule is COc1ccc(Cl)cc1CNC1CCCCCC1O. The van der Waals surface area contributed by atoms with Gasteiger partial charge in [-0.1, -0.05) is 30.9 Å². The predicted octanol–water partition coefficient (Wildman–Crippen LogP) is 3.13. The molecule has 3 nitrogen and oxygen atoms in total. The summed E-state index contributed by atoms with van der Waals surface area (Å²) in [6.45, 7) is 0.672. The van der Waals surface area contributed by atoms with Crippen molar-refractivity contribution in [2.45, 2.75) is 50.8 Å². The van der Waals surface area contributed by atoms with Crippen LogP contribution in [-0.2, 0) is 6.54 Å². The van der Waals surface area contributed by atoms with Crippen LogP contribution in [0.5, 0.6) is 5.75 Å². The summed E-state index contributed by atoms with van der Waals surface area (Å²) in [5.74, 6) is 0.833. The molecule has 0 amide bonds. The van der Waals surface area contributed by atoms with Gasteiger partial charge in [-0.15, -0.1) is 0 Å². The number of hydrogen-bond donors (Lipinski definition) is 2. The zero-order chi connectivity index (χ0) is 13.7. The first-order valence-electron chi connectivity index (χ1n) is 6.94. The van der Waals surface area contributed by atoms with Crippen LogP contribution < -0.4 is 10.1 Å². The van der Waals surface area contributed by atoms with Gasteiger partial charge in [-0.25, -0.2) is 0 Å². The third-order valence-corrected chi connectivity index (χ3v) is 4.01.